The lowest BCUT2D eigenvalue weighted by atomic mass is 9.73. The molecule has 1 saturated heterocycles. The van der Waals surface area contributed by atoms with E-state index in [9.17, 15) is 19.2 Å². The molecule has 12 nitrogen and oxygen atoms in total. The third-order valence-electron chi connectivity index (χ3n) is 7.41. The fraction of sp³-hybridized carbons (Fsp3) is 0.400. The SMILES string of the molecule is CN1N=C2CCN(C(=O)C(CCOc3cccc(C#N)c3)NC(=O)C(C)(C)OC(N)=O)C[C@@]2(Cc2ccccc2)C1=O. The van der Waals surface area contributed by atoms with E-state index in [0.717, 1.165) is 11.3 Å². The Kier molecular flexibility index (Phi) is 8.80. The molecule has 0 bridgehead atoms. The molecular weight excluding hydrogens is 540 g/mol. The van der Waals surface area contributed by atoms with Gasteiger partial charge in [-0.15, -0.1) is 0 Å². The van der Waals surface area contributed by atoms with E-state index >= 15 is 0 Å². The van der Waals surface area contributed by atoms with Gasteiger partial charge >= 0.3 is 6.09 Å². The first-order valence-corrected chi connectivity index (χ1v) is 13.6. The molecule has 0 saturated carbocycles. The van der Waals surface area contributed by atoms with Crippen LogP contribution in [0.1, 0.15) is 37.8 Å². The Bertz CT molecular complexity index is 1440. The lowest BCUT2D eigenvalue weighted by molar-refractivity contribution is -0.145. The van der Waals surface area contributed by atoms with Crippen molar-refractivity contribution < 1.29 is 28.7 Å². The van der Waals surface area contributed by atoms with Crippen molar-refractivity contribution in [1.82, 2.24) is 15.2 Å². The third-order valence-corrected chi connectivity index (χ3v) is 7.41. The maximum Gasteiger partial charge on any atom is 0.405 e. The van der Waals surface area contributed by atoms with E-state index in [4.69, 9.17) is 20.5 Å². The molecule has 0 aliphatic carbocycles. The van der Waals surface area contributed by atoms with Gasteiger partial charge in [-0.05, 0) is 44.0 Å². The van der Waals surface area contributed by atoms with Crippen LogP contribution in [0.3, 0.4) is 0 Å². The zero-order valence-corrected chi connectivity index (χ0v) is 23.8. The molecule has 2 aliphatic heterocycles. The molecule has 0 aromatic heterocycles. The Morgan fingerprint density at radius 2 is 1.93 bits per heavy atom. The van der Waals surface area contributed by atoms with Crippen molar-refractivity contribution in [3.8, 4) is 11.8 Å². The molecule has 4 rings (SSSR count). The number of hydrogen-bond acceptors (Lipinski definition) is 8. The van der Waals surface area contributed by atoms with Crippen molar-refractivity contribution in [2.45, 2.75) is 44.8 Å². The molecule has 2 atom stereocenters. The lowest BCUT2D eigenvalue weighted by Gasteiger charge is -2.41. The number of hydrazone groups is 1. The van der Waals surface area contributed by atoms with Gasteiger partial charge in [0.1, 0.15) is 17.2 Å². The van der Waals surface area contributed by atoms with E-state index in [1.165, 1.54) is 18.9 Å². The van der Waals surface area contributed by atoms with Crippen molar-refractivity contribution in [2.24, 2.45) is 16.3 Å². The van der Waals surface area contributed by atoms with Gasteiger partial charge in [0.05, 0.1) is 24.0 Å². The molecule has 12 heteroatoms. The monoisotopic (exact) mass is 574 g/mol. The number of ether oxygens (including phenoxy) is 2. The fourth-order valence-corrected chi connectivity index (χ4v) is 5.27. The second-order valence-electron chi connectivity index (χ2n) is 10.9. The van der Waals surface area contributed by atoms with Crippen LogP contribution in [0.4, 0.5) is 4.79 Å². The van der Waals surface area contributed by atoms with Crippen LogP contribution in [0.15, 0.2) is 59.7 Å². The largest absolute Gasteiger partial charge is 0.493 e. The summed E-state index contributed by atoms with van der Waals surface area (Å²) in [6.45, 7) is 3.14. The second-order valence-corrected chi connectivity index (χ2v) is 10.9. The molecule has 2 heterocycles. The summed E-state index contributed by atoms with van der Waals surface area (Å²) in [5.41, 5.74) is 4.54. The Balaban J connectivity index is 1.56. The van der Waals surface area contributed by atoms with Gasteiger partial charge in [-0.2, -0.15) is 10.4 Å². The predicted molar refractivity (Wildman–Crippen MR) is 152 cm³/mol. The number of carbonyl (C=O) groups excluding carboxylic acids is 4. The van der Waals surface area contributed by atoms with Crippen molar-refractivity contribution >= 4 is 29.5 Å². The number of carbonyl (C=O) groups is 4. The zero-order chi connectivity index (χ0) is 30.5. The van der Waals surface area contributed by atoms with Crippen molar-refractivity contribution in [2.75, 3.05) is 26.7 Å². The van der Waals surface area contributed by atoms with E-state index in [0.29, 0.717) is 30.7 Å². The molecule has 0 spiro atoms. The van der Waals surface area contributed by atoms with E-state index in [1.54, 1.807) is 36.2 Å². The van der Waals surface area contributed by atoms with Gasteiger partial charge in [0.2, 0.25) is 5.91 Å². The summed E-state index contributed by atoms with van der Waals surface area (Å²) in [5, 5.41) is 17.7. The quantitative estimate of drug-likeness (QED) is 0.437. The van der Waals surface area contributed by atoms with Crippen LogP contribution in [-0.2, 0) is 25.5 Å². The summed E-state index contributed by atoms with van der Waals surface area (Å²) in [4.78, 5) is 53.6. The van der Waals surface area contributed by atoms with Crippen LogP contribution in [0.25, 0.3) is 0 Å². The lowest BCUT2D eigenvalue weighted by Crippen LogP contribution is -2.60. The molecule has 1 unspecified atom stereocenters. The van der Waals surface area contributed by atoms with Gasteiger partial charge in [0.15, 0.2) is 5.60 Å². The Hall–Kier alpha value is -4.92. The summed E-state index contributed by atoms with van der Waals surface area (Å²) in [5.74, 6) is -0.900. The van der Waals surface area contributed by atoms with Gasteiger partial charge in [0.25, 0.3) is 11.8 Å². The van der Waals surface area contributed by atoms with Crippen LogP contribution in [-0.4, -0.2) is 77.8 Å². The molecule has 220 valence electrons. The molecule has 2 aromatic carbocycles. The first-order valence-electron chi connectivity index (χ1n) is 13.6. The number of likely N-dealkylation sites (tertiary alicyclic amines) is 1. The summed E-state index contributed by atoms with van der Waals surface area (Å²) < 4.78 is 10.8. The van der Waals surface area contributed by atoms with Crippen LogP contribution in [0.2, 0.25) is 0 Å². The van der Waals surface area contributed by atoms with E-state index in [1.807, 2.05) is 36.4 Å². The number of amides is 4. The van der Waals surface area contributed by atoms with E-state index < -0.39 is 35.0 Å². The van der Waals surface area contributed by atoms with Crippen LogP contribution < -0.4 is 15.8 Å². The number of fused-ring (bicyclic) bond motifs is 1. The number of nitrogens with one attached hydrogen (secondary N) is 1. The van der Waals surface area contributed by atoms with Gasteiger partial charge in [-0.25, -0.2) is 9.80 Å². The van der Waals surface area contributed by atoms with Crippen LogP contribution in [0, 0.1) is 16.7 Å². The number of piperidine rings is 1. The summed E-state index contributed by atoms with van der Waals surface area (Å²) in [6, 6.07) is 17.1. The van der Waals surface area contributed by atoms with Crippen molar-refractivity contribution in [1.29, 1.82) is 5.26 Å². The number of benzene rings is 2. The Morgan fingerprint density at radius 1 is 1.19 bits per heavy atom. The highest BCUT2D eigenvalue weighted by molar-refractivity contribution is 6.13. The van der Waals surface area contributed by atoms with Crippen molar-refractivity contribution in [3.63, 3.8) is 0 Å². The highest BCUT2D eigenvalue weighted by atomic mass is 16.6. The number of nitrogens with zero attached hydrogens (tertiary/aromatic N) is 4. The van der Waals surface area contributed by atoms with Crippen molar-refractivity contribution in [3.05, 3.63) is 65.7 Å². The second kappa shape index (κ2) is 12.3. The molecule has 0 radical (unpaired) electrons. The number of rotatable bonds is 10. The topological polar surface area (TPSA) is 167 Å². The van der Waals surface area contributed by atoms with Gasteiger partial charge in [0, 0.05) is 33.0 Å². The molecule has 42 heavy (non-hydrogen) atoms. The smallest absolute Gasteiger partial charge is 0.405 e. The first-order chi connectivity index (χ1) is 19.9. The van der Waals surface area contributed by atoms with Crippen LogP contribution in [0.5, 0.6) is 5.75 Å². The average molecular weight is 575 g/mol. The number of nitrogens with two attached hydrogens (primary N) is 1. The van der Waals surface area contributed by atoms with E-state index in [2.05, 4.69) is 10.4 Å². The molecular formula is C30H34N6O6. The Morgan fingerprint density at radius 3 is 2.62 bits per heavy atom. The predicted octanol–water partition coefficient (Wildman–Crippen LogP) is 1.98. The minimum absolute atomic E-state index is 0.0278. The molecule has 2 aliphatic rings. The maximum atomic E-state index is 14.0. The van der Waals surface area contributed by atoms with Gasteiger partial charge in [-0.3, -0.25) is 14.4 Å². The first kappa shape index (κ1) is 30.0. The highest BCUT2D eigenvalue weighted by Gasteiger charge is 2.54. The Labute approximate surface area is 244 Å². The van der Waals surface area contributed by atoms with Crippen LogP contribution >= 0.6 is 0 Å². The standard InChI is InChI=1S/C30H34N6O6/c1-29(2,42-28(32)40)26(38)33-23(13-15-41-22-11-7-10-21(16-22)18-31)25(37)36-14-12-24-30(19-36,27(39)35(3)34-24)17-20-8-5-4-6-9-20/h4-11,16,23H,12-15,17,19H2,1-3H3,(H2,32,40)(H,33,38)/t23?,30-/m1/s1. The molecule has 1 fully saturated rings. The van der Waals surface area contributed by atoms with Gasteiger partial charge < -0.3 is 25.4 Å². The number of nitriles is 1. The minimum Gasteiger partial charge on any atom is -0.493 e. The summed E-state index contributed by atoms with van der Waals surface area (Å²) in [6.07, 6.45) is -0.309. The summed E-state index contributed by atoms with van der Waals surface area (Å²) in [7, 11) is 1.61. The molecule has 4 amide bonds. The third kappa shape index (κ3) is 6.52. The number of hydrogen-bond donors (Lipinski definition) is 2. The molecule has 2 aromatic rings. The summed E-state index contributed by atoms with van der Waals surface area (Å²) >= 11 is 0. The maximum absolute atomic E-state index is 14.0. The molecule has 3 N–H and O–H groups in total. The fourth-order valence-electron chi connectivity index (χ4n) is 5.27. The average Bonchev–Trinajstić information content (AvgIpc) is 3.20. The van der Waals surface area contributed by atoms with E-state index in [-0.39, 0.29) is 25.5 Å². The highest BCUT2D eigenvalue weighted by Crippen LogP contribution is 2.38. The normalized spacial score (nSPS) is 18.8. The number of primary amides is 1. The zero-order valence-electron chi connectivity index (χ0n) is 23.8. The van der Waals surface area contributed by atoms with Gasteiger partial charge in [-0.1, -0.05) is 36.4 Å². The minimum atomic E-state index is -1.65.